The van der Waals surface area contributed by atoms with Crippen LogP contribution >= 0.6 is 0 Å². The fraction of sp³-hybridized carbons (Fsp3) is 0.611. The number of carboxylic acid groups (broad SMARTS) is 1. The van der Waals surface area contributed by atoms with E-state index in [1.165, 1.54) is 12.1 Å². The minimum Gasteiger partial charge on any atom is -0.481 e. The Labute approximate surface area is 132 Å². The fourth-order valence-corrected chi connectivity index (χ4v) is 2.52. The summed E-state index contributed by atoms with van der Waals surface area (Å²) in [6, 6.07) is 7.04. The summed E-state index contributed by atoms with van der Waals surface area (Å²) in [7, 11) is 0. The van der Waals surface area contributed by atoms with Gasteiger partial charge >= 0.3 is 5.97 Å². The smallest absolute Gasteiger partial charge is 0.303 e. The number of benzene rings is 1. The van der Waals surface area contributed by atoms with Gasteiger partial charge in [-0.25, -0.2) is 4.39 Å². The quantitative estimate of drug-likeness (QED) is 0.597. The highest BCUT2D eigenvalue weighted by Gasteiger charge is 2.12. The van der Waals surface area contributed by atoms with Crippen LogP contribution < -0.4 is 5.32 Å². The van der Waals surface area contributed by atoms with Crippen LogP contribution in [-0.4, -0.2) is 17.1 Å². The molecule has 0 aliphatic rings. The third-order valence-corrected chi connectivity index (χ3v) is 3.94. The maximum atomic E-state index is 12.9. The molecule has 0 saturated heterocycles. The zero-order chi connectivity index (χ0) is 16.4. The molecule has 0 heterocycles. The van der Waals surface area contributed by atoms with Crippen LogP contribution in [0.15, 0.2) is 24.3 Å². The van der Waals surface area contributed by atoms with Crippen LogP contribution in [0.4, 0.5) is 4.39 Å². The summed E-state index contributed by atoms with van der Waals surface area (Å²) in [4.78, 5) is 10.4. The van der Waals surface area contributed by atoms with Crippen molar-refractivity contribution in [2.75, 3.05) is 0 Å². The second kappa shape index (κ2) is 10.3. The van der Waals surface area contributed by atoms with Crippen LogP contribution in [0.5, 0.6) is 0 Å². The highest BCUT2D eigenvalue weighted by atomic mass is 19.1. The lowest BCUT2D eigenvalue weighted by Crippen LogP contribution is -2.33. The largest absolute Gasteiger partial charge is 0.481 e. The first-order valence-corrected chi connectivity index (χ1v) is 8.18. The van der Waals surface area contributed by atoms with Crippen molar-refractivity contribution in [1.29, 1.82) is 0 Å². The van der Waals surface area contributed by atoms with Crippen LogP contribution in [0.25, 0.3) is 0 Å². The average molecular weight is 309 g/mol. The molecular formula is C18H28FNO2. The molecule has 22 heavy (non-hydrogen) atoms. The second-order valence-electron chi connectivity index (χ2n) is 6.20. The van der Waals surface area contributed by atoms with Crippen LogP contribution in [0, 0.1) is 11.7 Å². The first-order valence-electron chi connectivity index (χ1n) is 8.18. The van der Waals surface area contributed by atoms with Crippen molar-refractivity contribution >= 4 is 5.97 Å². The Hall–Kier alpha value is -1.42. The lowest BCUT2D eigenvalue weighted by molar-refractivity contribution is -0.137. The SMILES string of the molecule is CC(C)C(CCCCCCC(=O)O)NCc1ccc(F)cc1. The maximum absolute atomic E-state index is 12.9. The van der Waals surface area contributed by atoms with Gasteiger partial charge in [0, 0.05) is 19.0 Å². The van der Waals surface area contributed by atoms with E-state index in [9.17, 15) is 9.18 Å². The number of hydrogen-bond acceptors (Lipinski definition) is 2. The van der Waals surface area contributed by atoms with E-state index in [0.717, 1.165) is 44.2 Å². The minimum atomic E-state index is -0.707. The molecule has 1 atom stereocenters. The average Bonchev–Trinajstić information content (AvgIpc) is 2.46. The molecular weight excluding hydrogens is 281 g/mol. The summed E-state index contributed by atoms with van der Waals surface area (Å²) in [5.74, 6) is -0.369. The van der Waals surface area contributed by atoms with Gasteiger partial charge in [-0.3, -0.25) is 4.79 Å². The molecule has 0 aromatic heterocycles. The molecule has 1 aromatic carbocycles. The Bertz CT molecular complexity index is 431. The summed E-state index contributed by atoms with van der Waals surface area (Å²) in [5.41, 5.74) is 1.09. The highest BCUT2D eigenvalue weighted by molar-refractivity contribution is 5.66. The fourth-order valence-electron chi connectivity index (χ4n) is 2.52. The number of unbranched alkanes of at least 4 members (excludes halogenated alkanes) is 3. The molecule has 0 radical (unpaired) electrons. The molecule has 0 saturated carbocycles. The first-order chi connectivity index (χ1) is 10.5. The Balaban J connectivity index is 2.24. The van der Waals surface area contributed by atoms with E-state index >= 15 is 0 Å². The molecule has 1 rings (SSSR count). The van der Waals surface area contributed by atoms with E-state index in [0.29, 0.717) is 12.0 Å². The number of nitrogens with one attached hydrogen (secondary N) is 1. The number of rotatable bonds is 11. The summed E-state index contributed by atoms with van der Waals surface area (Å²) in [5, 5.41) is 12.1. The van der Waals surface area contributed by atoms with Crippen LogP contribution in [0.1, 0.15) is 57.9 Å². The lowest BCUT2D eigenvalue weighted by Gasteiger charge is -2.22. The van der Waals surface area contributed by atoms with Gasteiger partial charge in [0.1, 0.15) is 5.82 Å². The Kier molecular flexibility index (Phi) is 8.75. The molecule has 2 N–H and O–H groups in total. The van der Waals surface area contributed by atoms with E-state index in [4.69, 9.17) is 5.11 Å². The molecule has 0 bridgehead atoms. The molecule has 0 aliphatic carbocycles. The molecule has 0 aliphatic heterocycles. The maximum Gasteiger partial charge on any atom is 0.303 e. The van der Waals surface area contributed by atoms with Crippen LogP contribution in [0.3, 0.4) is 0 Å². The predicted octanol–water partition coefficient (Wildman–Crippen LogP) is 4.37. The van der Waals surface area contributed by atoms with Crippen molar-refractivity contribution in [2.24, 2.45) is 5.92 Å². The van der Waals surface area contributed by atoms with Crippen molar-refractivity contribution in [1.82, 2.24) is 5.32 Å². The number of hydrogen-bond donors (Lipinski definition) is 2. The monoisotopic (exact) mass is 309 g/mol. The molecule has 1 unspecified atom stereocenters. The second-order valence-corrected chi connectivity index (χ2v) is 6.20. The summed E-state index contributed by atoms with van der Waals surface area (Å²) in [6.07, 6.45) is 5.30. The van der Waals surface area contributed by atoms with Gasteiger partial charge in [-0.2, -0.15) is 0 Å². The van der Waals surface area contributed by atoms with Crippen LogP contribution in [-0.2, 0) is 11.3 Å². The van der Waals surface area contributed by atoms with E-state index < -0.39 is 5.97 Å². The zero-order valence-electron chi connectivity index (χ0n) is 13.6. The van der Waals surface area contributed by atoms with Crippen molar-refractivity contribution in [2.45, 2.75) is 65.0 Å². The van der Waals surface area contributed by atoms with Crippen LogP contribution in [0.2, 0.25) is 0 Å². The zero-order valence-corrected chi connectivity index (χ0v) is 13.6. The van der Waals surface area contributed by atoms with Gasteiger partial charge in [-0.05, 0) is 36.5 Å². The normalized spacial score (nSPS) is 12.5. The molecule has 124 valence electrons. The number of aliphatic carboxylic acids is 1. The predicted molar refractivity (Wildman–Crippen MR) is 87.2 cm³/mol. The molecule has 0 fully saturated rings. The van der Waals surface area contributed by atoms with Crippen molar-refractivity contribution in [3.63, 3.8) is 0 Å². The molecule has 4 heteroatoms. The Morgan fingerprint density at radius 3 is 2.36 bits per heavy atom. The third-order valence-electron chi connectivity index (χ3n) is 3.94. The van der Waals surface area contributed by atoms with Crippen molar-refractivity contribution in [3.05, 3.63) is 35.6 Å². The number of carboxylic acids is 1. The third kappa shape index (κ3) is 8.13. The van der Waals surface area contributed by atoms with Gasteiger partial charge in [0.15, 0.2) is 0 Å². The first kappa shape index (κ1) is 18.6. The van der Waals surface area contributed by atoms with Gasteiger partial charge in [0.25, 0.3) is 0 Å². The van der Waals surface area contributed by atoms with Gasteiger partial charge in [-0.1, -0.05) is 45.2 Å². The molecule has 0 amide bonds. The molecule has 0 spiro atoms. The highest BCUT2D eigenvalue weighted by Crippen LogP contribution is 2.14. The number of halogens is 1. The minimum absolute atomic E-state index is 0.203. The topological polar surface area (TPSA) is 49.3 Å². The standard InChI is InChI=1S/C18H28FNO2/c1-14(2)17(7-5-3-4-6-8-18(21)22)20-13-15-9-11-16(19)12-10-15/h9-12,14,17,20H,3-8,13H2,1-2H3,(H,21,22). The summed E-state index contributed by atoms with van der Waals surface area (Å²) >= 11 is 0. The van der Waals surface area contributed by atoms with Crippen molar-refractivity contribution in [3.8, 4) is 0 Å². The van der Waals surface area contributed by atoms with E-state index in [2.05, 4.69) is 19.2 Å². The Morgan fingerprint density at radius 2 is 1.77 bits per heavy atom. The number of carbonyl (C=O) groups is 1. The van der Waals surface area contributed by atoms with Gasteiger partial charge in [-0.15, -0.1) is 0 Å². The molecule has 1 aromatic rings. The van der Waals surface area contributed by atoms with Gasteiger partial charge in [0.2, 0.25) is 0 Å². The van der Waals surface area contributed by atoms with E-state index in [1.807, 2.05) is 12.1 Å². The summed E-state index contributed by atoms with van der Waals surface area (Å²) in [6.45, 7) is 5.15. The Morgan fingerprint density at radius 1 is 1.14 bits per heavy atom. The van der Waals surface area contributed by atoms with E-state index in [-0.39, 0.29) is 12.2 Å². The summed E-state index contributed by atoms with van der Waals surface area (Å²) < 4.78 is 12.9. The van der Waals surface area contributed by atoms with Gasteiger partial charge < -0.3 is 10.4 Å². The van der Waals surface area contributed by atoms with Crippen molar-refractivity contribution < 1.29 is 14.3 Å². The molecule has 3 nitrogen and oxygen atoms in total. The van der Waals surface area contributed by atoms with E-state index in [1.54, 1.807) is 0 Å². The lowest BCUT2D eigenvalue weighted by atomic mass is 9.97. The van der Waals surface area contributed by atoms with Gasteiger partial charge in [0.05, 0.1) is 0 Å².